The molecular formula is C32H41IN2O7. The second-order valence-corrected chi connectivity index (χ2v) is 12.2. The number of aliphatic hydroxyl groups excluding tert-OH is 3. The Balaban J connectivity index is 1.69. The SMILES string of the molecule is COc1cc(CO)cc(I)c1O[C@H]1C=C(C(=O)NCCO)C[C@@H](N(CC2CCCCC2)C(=O)Cc2ccccc2)[C@@H]1O. The Morgan fingerprint density at radius 1 is 1.07 bits per heavy atom. The lowest BCUT2D eigenvalue weighted by Gasteiger charge is -2.42. The van der Waals surface area contributed by atoms with E-state index in [0.29, 0.717) is 38.7 Å². The molecule has 0 aliphatic heterocycles. The molecule has 0 spiro atoms. The van der Waals surface area contributed by atoms with Crippen molar-refractivity contribution < 1.29 is 34.4 Å². The standard InChI is InChI=1S/C32H41IN2O7/c1-41-28-15-23(20-37)14-25(33)31(28)42-27-18-24(32(40)34-12-13-36)17-26(30(27)39)35(19-22-10-6-3-7-11-22)29(38)16-21-8-4-2-5-9-21/h2,4-5,8-9,14-15,18,22,26-27,30,36-37,39H,3,6-7,10-13,16-17,19-20H2,1H3,(H,34,40)/t26-,27+,30+/m1/s1. The van der Waals surface area contributed by atoms with Crippen LogP contribution in [-0.2, 0) is 22.6 Å². The fourth-order valence-electron chi connectivity index (χ4n) is 5.84. The summed E-state index contributed by atoms with van der Waals surface area (Å²) in [7, 11) is 1.50. The van der Waals surface area contributed by atoms with E-state index in [0.717, 1.165) is 31.2 Å². The second kappa shape index (κ2) is 15.7. The van der Waals surface area contributed by atoms with Gasteiger partial charge >= 0.3 is 0 Å². The van der Waals surface area contributed by atoms with E-state index in [1.807, 2.05) is 30.3 Å². The molecule has 2 aromatic carbocycles. The molecule has 4 N–H and O–H groups in total. The van der Waals surface area contributed by atoms with Gasteiger partial charge in [0.15, 0.2) is 11.5 Å². The number of hydrogen-bond acceptors (Lipinski definition) is 7. The Bertz CT molecular complexity index is 1230. The van der Waals surface area contributed by atoms with Crippen LogP contribution in [-0.4, -0.2) is 77.1 Å². The summed E-state index contributed by atoms with van der Waals surface area (Å²) in [5, 5.41) is 33.5. The van der Waals surface area contributed by atoms with Gasteiger partial charge in [0, 0.05) is 25.1 Å². The minimum atomic E-state index is -1.12. The van der Waals surface area contributed by atoms with Crippen molar-refractivity contribution >= 4 is 34.4 Å². The van der Waals surface area contributed by atoms with Crippen molar-refractivity contribution in [1.29, 1.82) is 0 Å². The molecule has 2 amide bonds. The number of aliphatic hydroxyl groups is 3. The molecule has 1 saturated carbocycles. The summed E-state index contributed by atoms with van der Waals surface area (Å²) in [6.07, 6.45) is 5.31. The number of methoxy groups -OCH3 is 1. The summed E-state index contributed by atoms with van der Waals surface area (Å²) in [5.74, 6) is 0.598. The molecular weight excluding hydrogens is 651 g/mol. The summed E-state index contributed by atoms with van der Waals surface area (Å²) < 4.78 is 12.6. The van der Waals surface area contributed by atoms with Gasteiger partial charge in [-0.15, -0.1) is 0 Å². The molecule has 0 aromatic heterocycles. The van der Waals surface area contributed by atoms with Gasteiger partial charge in [-0.2, -0.15) is 0 Å². The van der Waals surface area contributed by atoms with Crippen LogP contribution in [0.25, 0.3) is 0 Å². The molecule has 228 valence electrons. The van der Waals surface area contributed by atoms with E-state index < -0.39 is 18.2 Å². The highest BCUT2D eigenvalue weighted by Crippen LogP contribution is 2.37. The van der Waals surface area contributed by atoms with Crippen molar-refractivity contribution in [2.24, 2.45) is 5.92 Å². The number of halogens is 1. The zero-order valence-electron chi connectivity index (χ0n) is 24.0. The summed E-state index contributed by atoms with van der Waals surface area (Å²) >= 11 is 2.09. The molecule has 0 heterocycles. The van der Waals surface area contributed by atoms with Crippen LogP contribution < -0.4 is 14.8 Å². The van der Waals surface area contributed by atoms with Crippen LogP contribution in [0.5, 0.6) is 11.5 Å². The molecule has 1 fully saturated rings. The largest absolute Gasteiger partial charge is 0.493 e. The predicted octanol–water partition coefficient (Wildman–Crippen LogP) is 3.36. The number of hydrogen-bond donors (Lipinski definition) is 4. The first-order valence-corrected chi connectivity index (χ1v) is 15.7. The third-order valence-electron chi connectivity index (χ3n) is 8.04. The van der Waals surface area contributed by atoms with E-state index in [4.69, 9.17) is 9.47 Å². The molecule has 42 heavy (non-hydrogen) atoms. The zero-order chi connectivity index (χ0) is 30.1. The predicted molar refractivity (Wildman–Crippen MR) is 167 cm³/mol. The van der Waals surface area contributed by atoms with Gasteiger partial charge in [-0.3, -0.25) is 9.59 Å². The highest BCUT2D eigenvalue weighted by atomic mass is 127. The molecule has 9 nitrogen and oxygen atoms in total. The molecule has 2 aliphatic carbocycles. The average molecular weight is 693 g/mol. The highest BCUT2D eigenvalue weighted by Gasteiger charge is 2.41. The van der Waals surface area contributed by atoms with Crippen molar-refractivity contribution in [3.05, 3.63) is 68.8 Å². The Morgan fingerprint density at radius 2 is 1.81 bits per heavy atom. The number of ether oxygens (including phenoxy) is 2. The van der Waals surface area contributed by atoms with Crippen LogP contribution in [0.15, 0.2) is 54.1 Å². The maximum atomic E-state index is 13.9. The Morgan fingerprint density at radius 3 is 2.48 bits per heavy atom. The zero-order valence-corrected chi connectivity index (χ0v) is 26.2. The molecule has 10 heteroatoms. The third-order valence-corrected chi connectivity index (χ3v) is 8.84. The van der Waals surface area contributed by atoms with E-state index in [2.05, 4.69) is 27.9 Å². The van der Waals surface area contributed by atoms with Crippen LogP contribution in [0.4, 0.5) is 0 Å². The van der Waals surface area contributed by atoms with Crippen molar-refractivity contribution in [1.82, 2.24) is 10.2 Å². The number of amides is 2. The Hall–Kier alpha value is -2.67. The van der Waals surface area contributed by atoms with Gasteiger partial charge in [0.25, 0.3) is 0 Å². The van der Waals surface area contributed by atoms with Gasteiger partial charge in [-0.05, 0) is 70.7 Å². The van der Waals surface area contributed by atoms with Crippen LogP contribution in [0.1, 0.15) is 49.7 Å². The quantitative estimate of drug-likeness (QED) is 0.252. The van der Waals surface area contributed by atoms with Crippen LogP contribution in [0.2, 0.25) is 0 Å². The topological polar surface area (TPSA) is 129 Å². The van der Waals surface area contributed by atoms with Gasteiger partial charge in [0.05, 0.1) is 36.4 Å². The van der Waals surface area contributed by atoms with Gasteiger partial charge < -0.3 is 35.0 Å². The summed E-state index contributed by atoms with van der Waals surface area (Å²) in [5.41, 5.74) is 1.91. The van der Waals surface area contributed by atoms with E-state index in [-0.39, 0.29) is 44.4 Å². The molecule has 4 rings (SSSR count). The Kier molecular flexibility index (Phi) is 12.1. The van der Waals surface area contributed by atoms with Gasteiger partial charge in [0.1, 0.15) is 12.2 Å². The Labute approximate surface area is 261 Å². The van der Waals surface area contributed by atoms with E-state index in [9.17, 15) is 24.9 Å². The fraction of sp³-hybridized carbons (Fsp3) is 0.500. The minimum absolute atomic E-state index is 0.0853. The molecule has 0 bridgehead atoms. The maximum absolute atomic E-state index is 13.9. The van der Waals surface area contributed by atoms with Crippen LogP contribution >= 0.6 is 22.6 Å². The molecule has 2 aromatic rings. The van der Waals surface area contributed by atoms with E-state index in [1.165, 1.54) is 13.5 Å². The van der Waals surface area contributed by atoms with Crippen molar-refractivity contribution in [3.63, 3.8) is 0 Å². The van der Waals surface area contributed by atoms with E-state index in [1.54, 1.807) is 23.1 Å². The van der Waals surface area contributed by atoms with Crippen molar-refractivity contribution in [2.45, 2.75) is 69.8 Å². The average Bonchev–Trinajstić information content (AvgIpc) is 3.01. The second-order valence-electron chi connectivity index (χ2n) is 11.0. The lowest BCUT2D eigenvalue weighted by atomic mass is 9.85. The summed E-state index contributed by atoms with van der Waals surface area (Å²) in [4.78, 5) is 28.9. The molecule has 0 saturated heterocycles. The highest BCUT2D eigenvalue weighted by molar-refractivity contribution is 14.1. The lowest BCUT2D eigenvalue weighted by molar-refractivity contribution is -0.139. The normalized spacial score (nSPS) is 20.9. The first-order valence-electron chi connectivity index (χ1n) is 14.6. The molecule has 0 radical (unpaired) electrons. The number of carbonyl (C=O) groups is 2. The van der Waals surface area contributed by atoms with Crippen molar-refractivity contribution in [3.8, 4) is 11.5 Å². The number of benzene rings is 2. The molecule has 0 unspecified atom stereocenters. The third kappa shape index (κ3) is 8.24. The fourth-order valence-corrected chi connectivity index (χ4v) is 6.63. The van der Waals surface area contributed by atoms with Gasteiger partial charge in [0.2, 0.25) is 11.8 Å². The van der Waals surface area contributed by atoms with Gasteiger partial charge in [-0.25, -0.2) is 0 Å². The van der Waals surface area contributed by atoms with E-state index >= 15 is 0 Å². The van der Waals surface area contributed by atoms with Gasteiger partial charge in [-0.1, -0.05) is 49.6 Å². The van der Waals surface area contributed by atoms with Crippen molar-refractivity contribution in [2.75, 3.05) is 26.8 Å². The lowest BCUT2D eigenvalue weighted by Crippen LogP contribution is -2.56. The number of nitrogens with zero attached hydrogens (tertiary/aromatic N) is 1. The first kappa shape index (κ1) is 32.2. The minimum Gasteiger partial charge on any atom is -0.493 e. The molecule has 2 aliphatic rings. The maximum Gasteiger partial charge on any atom is 0.247 e. The first-order chi connectivity index (χ1) is 20.3. The summed E-state index contributed by atoms with van der Waals surface area (Å²) in [6, 6.07) is 12.3. The summed E-state index contributed by atoms with van der Waals surface area (Å²) in [6.45, 7) is 0.205. The van der Waals surface area contributed by atoms with Crippen LogP contribution in [0.3, 0.4) is 0 Å². The number of carbonyl (C=O) groups excluding carboxylic acids is 2. The van der Waals surface area contributed by atoms with Crippen LogP contribution in [0, 0.1) is 9.49 Å². The smallest absolute Gasteiger partial charge is 0.247 e. The number of nitrogens with one attached hydrogen (secondary N) is 1. The monoisotopic (exact) mass is 692 g/mol. The molecule has 3 atom stereocenters. The number of rotatable bonds is 12.